The van der Waals surface area contributed by atoms with Crippen molar-refractivity contribution in [2.24, 2.45) is 0 Å². The second-order valence-corrected chi connectivity index (χ2v) is 5.51. The molecule has 2 aromatic carbocycles. The van der Waals surface area contributed by atoms with E-state index < -0.39 is 0 Å². The van der Waals surface area contributed by atoms with Crippen LogP contribution >= 0.6 is 0 Å². The second-order valence-electron chi connectivity index (χ2n) is 5.51. The molecule has 0 fully saturated rings. The van der Waals surface area contributed by atoms with Gasteiger partial charge >= 0.3 is 0 Å². The van der Waals surface area contributed by atoms with Gasteiger partial charge in [-0.2, -0.15) is 4.98 Å². The highest BCUT2D eigenvalue weighted by atomic mass is 16.5. The van der Waals surface area contributed by atoms with Crippen LogP contribution in [0.3, 0.4) is 0 Å². The Hall–Kier alpha value is -3.55. The molecule has 3 aromatic rings. The lowest BCUT2D eigenvalue weighted by atomic mass is 10.2. The van der Waals surface area contributed by atoms with Gasteiger partial charge in [0.15, 0.2) is 11.5 Å². The highest BCUT2D eigenvalue weighted by molar-refractivity contribution is 5.65. The maximum Gasteiger partial charge on any atom is 0.231 e. The van der Waals surface area contributed by atoms with E-state index in [2.05, 4.69) is 25.6 Å². The van der Waals surface area contributed by atoms with Gasteiger partial charge in [-0.15, -0.1) is 0 Å². The molecule has 0 unspecified atom stereocenters. The molecule has 0 bridgehead atoms. The van der Waals surface area contributed by atoms with E-state index in [1.165, 1.54) is 6.33 Å². The number of aromatic nitrogens is 3. The number of nitrogens with zero attached hydrogens (tertiary/aromatic N) is 3. The summed E-state index contributed by atoms with van der Waals surface area (Å²) < 4.78 is 16.0. The van der Waals surface area contributed by atoms with Crippen molar-refractivity contribution in [3.63, 3.8) is 0 Å². The fourth-order valence-electron chi connectivity index (χ4n) is 2.50. The summed E-state index contributed by atoms with van der Waals surface area (Å²) in [4.78, 5) is 12.7. The van der Waals surface area contributed by atoms with Crippen molar-refractivity contribution in [1.29, 1.82) is 0 Å². The Labute approximate surface area is 157 Å². The summed E-state index contributed by atoms with van der Waals surface area (Å²) >= 11 is 0. The van der Waals surface area contributed by atoms with Crippen LogP contribution in [0.1, 0.15) is 5.56 Å². The van der Waals surface area contributed by atoms with Gasteiger partial charge < -0.3 is 24.8 Å². The van der Waals surface area contributed by atoms with Crippen LogP contribution in [0.5, 0.6) is 17.2 Å². The first kappa shape index (κ1) is 18.2. The molecule has 0 saturated carbocycles. The molecule has 27 heavy (non-hydrogen) atoms. The summed E-state index contributed by atoms with van der Waals surface area (Å²) in [6.45, 7) is 0.620. The smallest absolute Gasteiger partial charge is 0.231 e. The first-order valence-corrected chi connectivity index (χ1v) is 8.27. The number of ether oxygens (including phenoxy) is 3. The molecular weight excluding hydrogens is 346 g/mol. The minimum Gasteiger partial charge on any atom is -0.493 e. The normalized spacial score (nSPS) is 10.2. The molecule has 8 nitrogen and oxygen atoms in total. The third-order valence-corrected chi connectivity index (χ3v) is 3.79. The standard InChI is InChI=1S/C19H21N5O3/c1-25-15-9-14(10-16(26-2)17(15)27-3)23-19-22-12-21-18(24-19)20-11-13-7-5-4-6-8-13/h4-10,12H,11H2,1-3H3,(H2,20,21,22,23,24). The minimum absolute atomic E-state index is 0.398. The zero-order valence-electron chi connectivity index (χ0n) is 15.4. The molecule has 2 N–H and O–H groups in total. The zero-order valence-corrected chi connectivity index (χ0v) is 15.4. The lowest BCUT2D eigenvalue weighted by molar-refractivity contribution is 0.324. The van der Waals surface area contributed by atoms with E-state index in [9.17, 15) is 0 Å². The van der Waals surface area contributed by atoms with Crippen molar-refractivity contribution >= 4 is 17.6 Å². The lowest BCUT2D eigenvalue weighted by Crippen LogP contribution is -2.06. The number of benzene rings is 2. The van der Waals surface area contributed by atoms with Gasteiger partial charge in [-0.3, -0.25) is 0 Å². The molecule has 0 aliphatic carbocycles. The van der Waals surface area contributed by atoms with E-state index in [0.29, 0.717) is 41.4 Å². The highest BCUT2D eigenvalue weighted by Gasteiger charge is 2.14. The number of hydrogen-bond acceptors (Lipinski definition) is 8. The Kier molecular flexibility index (Phi) is 5.88. The maximum atomic E-state index is 5.36. The summed E-state index contributed by atoms with van der Waals surface area (Å²) in [5.74, 6) is 2.47. The van der Waals surface area contributed by atoms with Crippen LogP contribution in [-0.4, -0.2) is 36.3 Å². The molecule has 1 aromatic heterocycles. The van der Waals surface area contributed by atoms with Gasteiger partial charge in [0.2, 0.25) is 17.6 Å². The predicted molar refractivity (Wildman–Crippen MR) is 103 cm³/mol. The molecule has 8 heteroatoms. The van der Waals surface area contributed by atoms with E-state index in [1.807, 2.05) is 30.3 Å². The summed E-state index contributed by atoms with van der Waals surface area (Å²) in [6.07, 6.45) is 1.45. The molecule has 3 rings (SSSR count). The number of nitrogens with one attached hydrogen (secondary N) is 2. The van der Waals surface area contributed by atoms with Crippen LogP contribution in [0.4, 0.5) is 17.6 Å². The number of anilines is 3. The molecule has 1 heterocycles. The Morgan fingerprint density at radius 1 is 0.852 bits per heavy atom. The van der Waals surface area contributed by atoms with Crippen molar-refractivity contribution in [2.45, 2.75) is 6.54 Å². The SMILES string of the molecule is COc1cc(Nc2ncnc(NCc3ccccc3)n2)cc(OC)c1OC. The average Bonchev–Trinajstić information content (AvgIpc) is 2.72. The van der Waals surface area contributed by atoms with E-state index >= 15 is 0 Å². The van der Waals surface area contributed by atoms with Gasteiger partial charge in [-0.05, 0) is 5.56 Å². The van der Waals surface area contributed by atoms with Gasteiger partial charge in [0.25, 0.3) is 0 Å². The first-order chi connectivity index (χ1) is 13.2. The van der Waals surface area contributed by atoms with Crippen molar-refractivity contribution in [2.75, 3.05) is 32.0 Å². The second kappa shape index (κ2) is 8.70. The summed E-state index contributed by atoms with van der Waals surface area (Å²) in [5, 5.41) is 6.30. The minimum atomic E-state index is 0.398. The summed E-state index contributed by atoms with van der Waals surface area (Å²) in [7, 11) is 4.69. The van der Waals surface area contributed by atoms with E-state index in [0.717, 1.165) is 5.56 Å². The predicted octanol–water partition coefficient (Wildman–Crippen LogP) is 3.25. The fraction of sp³-hybridized carbons (Fsp3) is 0.211. The van der Waals surface area contributed by atoms with Crippen LogP contribution < -0.4 is 24.8 Å². The van der Waals surface area contributed by atoms with Gasteiger partial charge in [-0.25, -0.2) is 9.97 Å². The van der Waals surface area contributed by atoms with Gasteiger partial charge in [-0.1, -0.05) is 30.3 Å². The van der Waals surface area contributed by atoms with Crippen LogP contribution in [0.15, 0.2) is 48.8 Å². The molecule has 0 aliphatic heterocycles. The molecule has 0 spiro atoms. The Morgan fingerprint density at radius 2 is 1.52 bits per heavy atom. The fourth-order valence-corrected chi connectivity index (χ4v) is 2.50. The van der Waals surface area contributed by atoms with E-state index in [-0.39, 0.29) is 0 Å². The quantitative estimate of drug-likeness (QED) is 0.627. The average molecular weight is 367 g/mol. The van der Waals surface area contributed by atoms with Gasteiger partial charge in [0.1, 0.15) is 6.33 Å². The van der Waals surface area contributed by atoms with Crippen molar-refractivity contribution in [3.8, 4) is 17.2 Å². The zero-order chi connectivity index (χ0) is 19.1. The van der Waals surface area contributed by atoms with Crippen molar-refractivity contribution in [3.05, 3.63) is 54.4 Å². The topological polar surface area (TPSA) is 90.4 Å². The highest BCUT2D eigenvalue weighted by Crippen LogP contribution is 2.40. The van der Waals surface area contributed by atoms with Crippen molar-refractivity contribution < 1.29 is 14.2 Å². The molecular formula is C19H21N5O3. The molecule has 0 radical (unpaired) electrons. The largest absolute Gasteiger partial charge is 0.493 e. The number of rotatable bonds is 8. The van der Waals surface area contributed by atoms with Crippen LogP contribution in [0.25, 0.3) is 0 Å². The third-order valence-electron chi connectivity index (χ3n) is 3.79. The Balaban J connectivity index is 1.76. The van der Waals surface area contributed by atoms with Crippen LogP contribution in [0.2, 0.25) is 0 Å². The maximum absolute atomic E-state index is 5.36. The van der Waals surface area contributed by atoms with Crippen molar-refractivity contribution in [1.82, 2.24) is 15.0 Å². The Morgan fingerprint density at radius 3 is 2.15 bits per heavy atom. The van der Waals surface area contributed by atoms with Gasteiger partial charge in [0.05, 0.1) is 21.3 Å². The molecule has 0 atom stereocenters. The van der Waals surface area contributed by atoms with E-state index in [1.54, 1.807) is 33.5 Å². The first-order valence-electron chi connectivity index (χ1n) is 8.27. The molecule has 0 aliphatic rings. The summed E-state index contributed by atoms with van der Waals surface area (Å²) in [5.41, 5.74) is 1.83. The molecule has 140 valence electrons. The third kappa shape index (κ3) is 4.55. The lowest BCUT2D eigenvalue weighted by Gasteiger charge is -2.14. The summed E-state index contributed by atoms with van der Waals surface area (Å²) in [6, 6.07) is 13.6. The Bertz CT molecular complexity index is 865. The van der Waals surface area contributed by atoms with E-state index in [4.69, 9.17) is 14.2 Å². The number of methoxy groups -OCH3 is 3. The molecule has 0 saturated heterocycles. The van der Waals surface area contributed by atoms with Crippen LogP contribution in [-0.2, 0) is 6.54 Å². The number of hydrogen-bond donors (Lipinski definition) is 2. The molecule has 0 amide bonds. The van der Waals surface area contributed by atoms with Crippen LogP contribution in [0, 0.1) is 0 Å². The van der Waals surface area contributed by atoms with Gasteiger partial charge in [0, 0.05) is 24.4 Å². The monoisotopic (exact) mass is 367 g/mol.